The summed E-state index contributed by atoms with van der Waals surface area (Å²) >= 11 is 0. The van der Waals surface area contributed by atoms with Gasteiger partial charge in [-0.25, -0.2) is 0 Å². The molecule has 1 N–H and O–H groups in total. The topological polar surface area (TPSA) is 32.8 Å². The second kappa shape index (κ2) is 1.70. The zero-order valence-electron chi connectivity index (χ0n) is 5.47. The van der Waals surface area contributed by atoms with E-state index in [1.54, 1.807) is 0 Å². The molecule has 1 saturated heterocycles. The molecule has 0 amide bonds. The first-order chi connectivity index (χ1) is 4.37. The highest BCUT2D eigenvalue weighted by Gasteiger charge is 2.56. The molecule has 2 heteroatoms. The van der Waals surface area contributed by atoms with E-state index in [2.05, 4.69) is 0 Å². The van der Waals surface area contributed by atoms with Crippen LogP contribution in [-0.4, -0.2) is 23.4 Å². The van der Waals surface area contributed by atoms with Gasteiger partial charge < -0.3 is 9.84 Å². The third kappa shape index (κ3) is 0.700. The minimum absolute atomic E-state index is 0.0573. The minimum Gasteiger partial charge on any atom is -0.393 e. The van der Waals surface area contributed by atoms with Gasteiger partial charge in [-0.1, -0.05) is 12.8 Å². The largest absolute Gasteiger partial charge is 0.393 e. The summed E-state index contributed by atoms with van der Waals surface area (Å²) in [6, 6.07) is 0. The number of rotatable bonds is 1. The first-order valence-corrected chi connectivity index (χ1v) is 3.66. The van der Waals surface area contributed by atoms with E-state index in [0.717, 1.165) is 6.42 Å². The third-order valence-corrected chi connectivity index (χ3v) is 2.49. The van der Waals surface area contributed by atoms with E-state index >= 15 is 0 Å². The highest BCUT2D eigenvalue weighted by Crippen LogP contribution is 2.47. The van der Waals surface area contributed by atoms with Crippen molar-refractivity contribution in [3.05, 3.63) is 0 Å². The zero-order chi connectivity index (χ0) is 6.32. The van der Waals surface area contributed by atoms with Gasteiger partial charge in [-0.05, 0) is 12.8 Å². The highest BCUT2D eigenvalue weighted by molar-refractivity contribution is 5.04. The lowest BCUT2D eigenvalue weighted by Crippen LogP contribution is -2.23. The van der Waals surface area contributed by atoms with Gasteiger partial charge in [-0.2, -0.15) is 0 Å². The molecule has 0 bridgehead atoms. The second-order valence-corrected chi connectivity index (χ2v) is 3.08. The van der Waals surface area contributed by atoms with Gasteiger partial charge in [0.05, 0.1) is 12.7 Å². The molecule has 1 aliphatic heterocycles. The number of epoxide rings is 1. The van der Waals surface area contributed by atoms with Crippen molar-refractivity contribution in [3.8, 4) is 0 Å². The molecule has 2 atom stereocenters. The first kappa shape index (κ1) is 5.69. The fourth-order valence-electron chi connectivity index (χ4n) is 1.76. The maximum absolute atomic E-state index is 8.87. The van der Waals surface area contributed by atoms with Crippen LogP contribution in [0, 0.1) is 0 Å². The Hall–Kier alpha value is -0.0800. The lowest BCUT2D eigenvalue weighted by atomic mass is 9.90. The Bertz CT molecular complexity index is 124. The normalized spacial score (nSPS) is 48.3. The number of ether oxygens (including phenoxy) is 1. The van der Waals surface area contributed by atoms with Crippen molar-refractivity contribution in [2.24, 2.45) is 0 Å². The highest BCUT2D eigenvalue weighted by atomic mass is 16.6. The quantitative estimate of drug-likeness (QED) is 0.527. The van der Waals surface area contributed by atoms with Crippen LogP contribution in [0.4, 0.5) is 0 Å². The summed E-state index contributed by atoms with van der Waals surface area (Å²) in [6.07, 6.45) is 5.18. The number of hydrogen-bond donors (Lipinski definition) is 1. The molecule has 1 heterocycles. The van der Waals surface area contributed by atoms with Crippen molar-refractivity contribution in [2.75, 3.05) is 6.61 Å². The van der Waals surface area contributed by atoms with Gasteiger partial charge in [0.25, 0.3) is 0 Å². The Balaban J connectivity index is 2.01. The van der Waals surface area contributed by atoms with Crippen LogP contribution in [0.5, 0.6) is 0 Å². The summed E-state index contributed by atoms with van der Waals surface area (Å²) < 4.78 is 5.36. The SMILES string of the molecule is OC[C@@]12CCCCC1O2. The molecule has 0 radical (unpaired) electrons. The maximum atomic E-state index is 8.87. The fourth-order valence-corrected chi connectivity index (χ4v) is 1.76. The standard InChI is InChI=1S/C7H12O2/c8-5-7-4-2-1-3-6(7)9-7/h6,8H,1-5H2/t6?,7-/m0/s1. The number of hydrogen-bond acceptors (Lipinski definition) is 2. The van der Waals surface area contributed by atoms with Gasteiger partial charge in [0.1, 0.15) is 5.60 Å². The van der Waals surface area contributed by atoms with E-state index in [-0.39, 0.29) is 12.2 Å². The van der Waals surface area contributed by atoms with Gasteiger partial charge in [-0.15, -0.1) is 0 Å². The molecule has 2 nitrogen and oxygen atoms in total. The van der Waals surface area contributed by atoms with E-state index in [4.69, 9.17) is 9.84 Å². The molecule has 2 aliphatic rings. The summed E-state index contributed by atoms with van der Waals surface area (Å²) in [4.78, 5) is 0. The Morgan fingerprint density at radius 3 is 3.00 bits per heavy atom. The van der Waals surface area contributed by atoms with E-state index < -0.39 is 0 Å². The number of aliphatic hydroxyl groups is 1. The molecular weight excluding hydrogens is 116 g/mol. The average Bonchev–Trinajstić information content (AvgIpc) is 2.62. The summed E-state index contributed by atoms with van der Waals surface area (Å²) in [5, 5.41) is 8.87. The van der Waals surface area contributed by atoms with Gasteiger partial charge in [-0.3, -0.25) is 0 Å². The van der Waals surface area contributed by atoms with E-state index in [0.29, 0.717) is 6.10 Å². The molecule has 2 rings (SSSR count). The predicted molar refractivity (Wildman–Crippen MR) is 33.2 cm³/mol. The van der Waals surface area contributed by atoms with Crippen LogP contribution >= 0.6 is 0 Å². The van der Waals surface area contributed by atoms with Crippen molar-refractivity contribution in [1.29, 1.82) is 0 Å². The molecule has 0 aromatic carbocycles. The Morgan fingerprint density at radius 2 is 2.44 bits per heavy atom. The van der Waals surface area contributed by atoms with Crippen molar-refractivity contribution < 1.29 is 9.84 Å². The first-order valence-electron chi connectivity index (χ1n) is 3.66. The molecular formula is C7H12O2. The van der Waals surface area contributed by atoms with Gasteiger partial charge >= 0.3 is 0 Å². The molecule has 0 aromatic rings. The summed E-state index contributed by atoms with van der Waals surface area (Å²) in [5.41, 5.74) is -0.0573. The molecule has 2 fully saturated rings. The van der Waals surface area contributed by atoms with E-state index in [9.17, 15) is 0 Å². The third-order valence-electron chi connectivity index (χ3n) is 2.49. The number of aliphatic hydroxyl groups excluding tert-OH is 1. The van der Waals surface area contributed by atoms with Crippen LogP contribution in [0.2, 0.25) is 0 Å². The van der Waals surface area contributed by atoms with Crippen LogP contribution in [0.15, 0.2) is 0 Å². The summed E-state index contributed by atoms with van der Waals surface area (Å²) in [7, 11) is 0. The minimum atomic E-state index is -0.0573. The zero-order valence-corrected chi connectivity index (χ0v) is 5.47. The van der Waals surface area contributed by atoms with Crippen molar-refractivity contribution in [3.63, 3.8) is 0 Å². The van der Waals surface area contributed by atoms with Crippen molar-refractivity contribution >= 4 is 0 Å². The molecule has 1 aliphatic carbocycles. The molecule has 1 unspecified atom stereocenters. The predicted octanol–water partition coefficient (Wildman–Crippen LogP) is 0.690. The van der Waals surface area contributed by atoms with Gasteiger partial charge in [0.2, 0.25) is 0 Å². The Morgan fingerprint density at radius 1 is 1.56 bits per heavy atom. The van der Waals surface area contributed by atoms with E-state index in [1.165, 1.54) is 19.3 Å². The van der Waals surface area contributed by atoms with Gasteiger partial charge in [0.15, 0.2) is 0 Å². The maximum Gasteiger partial charge on any atom is 0.118 e. The molecule has 52 valence electrons. The van der Waals surface area contributed by atoms with Crippen LogP contribution < -0.4 is 0 Å². The summed E-state index contributed by atoms with van der Waals surface area (Å²) in [5.74, 6) is 0. The molecule has 0 spiro atoms. The molecule has 1 saturated carbocycles. The van der Waals surface area contributed by atoms with E-state index in [1.807, 2.05) is 0 Å². The van der Waals surface area contributed by atoms with Crippen LogP contribution in [0.1, 0.15) is 25.7 Å². The van der Waals surface area contributed by atoms with Crippen molar-refractivity contribution in [1.82, 2.24) is 0 Å². The lowest BCUT2D eigenvalue weighted by molar-refractivity contribution is 0.163. The number of fused-ring (bicyclic) bond motifs is 1. The van der Waals surface area contributed by atoms with Gasteiger partial charge in [0, 0.05) is 0 Å². The smallest absolute Gasteiger partial charge is 0.118 e. The Kier molecular flexibility index (Phi) is 1.08. The fraction of sp³-hybridized carbons (Fsp3) is 1.00. The lowest BCUT2D eigenvalue weighted by Gasteiger charge is -2.12. The average molecular weight is 128 g/mol. The van der Waals surface area contributed by atoms with Crippen molar-refractivity contribution in [2.45, 2.75) is 37.4 Å². The van der Waals surface area contributed by atoms with Crippen LogP contribution in [0.3, 0.4) is 0 Å². The molecule has 9 heavy (non-hydrogen) atoms. The Labute approximate surface area is 54.8 Å². The monoisotopic (exact) mass is 128 g/mol. The van der Waals surface area contributed by atoms with Crippen LogP contribution in [-0.2, 0) is 4.74 Å². The molecule has 0 aromatic heterocycles. The summed E-state index contributed by atoms with van der Waals surface area (Å²) in [6.45, 7) is 0.234. The van der Waals surface area contributed by atoms with Crippen LogP contribution in [0.25, 0.3) is 0 Å². The second-order valence-electron chi connectivity index (χ2n) is 3.08.